The molecule has 10 heteroatoms. The number of hydrogen-bond acceptors (Lipinski definition) is 5. The summed E-state index contributed by atoms with van der Waals surface area (Å²) in [4.78, 5) is 34.8. The van der Waals surface area contributed by atoms with Crippen LogP contribution in [0.5, 0.6) is 0 Å². The summed E-state index contributed by atoms with van der Waals surface area (Å²) in [7, 11) is 1.47. The molecular formula is C15H18Cl2N4O4. The van der Waals surface area contributed by atoms with Crippen LogP contribution in [0.1, 0.15) is 13.3 Å². The van der Waals surface area contributed by atoms with Gasteiger partial charge < -0.3 is 15.4 Å². The lowest BCUT2D eigenvalue weighted by Crippen LogP contribution is -2.39. The van der Waals surface area contributed by atoms with E-state index in [9.17, 15) is 14.4 Å². The van der Waals surface area contributed by atoms with Crippen LogP contribution in [0.25, 0.3) is 0 Å². The number of benzene rings is 1. The van der Waals surface area contributed by atoms with Crippen molar-refractivity contribution in [3.63, 3.8) is 0 Å². The van der Waals surface area contributed by atoms with Gasteiger partial charge in [0.05, 0.1) is 23.7 Å². The van der Waals surface area contributed by atoms with E-state index < -0.39 is 11.8 Å². The summed E-state index contributed by atoms with van der Waals surface area (Å²) in [6.07, 6.45) is -0.0927. The highest BCUT2D eigenvalue weighted by Gasteiger charge is 2.12. The molecule has 0 aliphatic heterocycles. The normalized spacial score (nSPS) is 11.0. The Balaban J connectivity index is 2.47. The van der Waals surface area contributed by atoms with Crippen molar-refractivity contribution >= 4 is 52.3 Å². The maximum absolute atomic E-state index is 11.9. The highest BCUT2D eigenvalue weighted by molar-refractivity contribution is 6.37. The van der Waals surface area contributed by atoms with Crippen LogP contribution in [-0.2, 0) is 19.1 Å². The van der Waals surface area contributed by atoms with Crippen LogP contribution in [-0.4, -0.2) is 43.7 Å². The fourth-order valence-electron chi connectivity index (χ4n) is 1.60. The fraction of sp³-hybridized carbons (Fsp3) is 0.333. The molecule has 0 fully saturated rings. The van der Waals surface area contributed by atoms with Gasteiger partial charge in [0, 0.05) is 24.4 Å². The standard InChI is InChI=1S/C15H18Cl2N4O4/c1-9(20-21-15(24)14(23)18-5-6-25-2)7-13(22)19-12-4-3-10(16)8-11(12)17/h3-4,8H,5-7H2,1-2H3,(H,18,23)(H,19,22)(H,21,24)/b20-9-. The van der Waals surface area contributed by atoms with Crippen molar-refractivity contribution < 1.29 is 19.1 Å². The average molecular weight is 389 g/mol. The van der Waals surface area contributed by atoms with Crippen molar-refractivity contribution in [2.24, 2.45) is 5.10 Å². The number of rotatable bonds is 7. The van der Waals surface area contributed by atoms with E-state index in [0.29, 0.717) is 21.4 Å². The van der Waals surface area contributed by atoms with E-state index in [0.717, 1.165) is 0 Å². The molecule has 8 nitrogen and oxygen atoms in total. The van der Waals surface area contributed by atoms with Gasteiger partial charge in [-0.15, -0.1) is 0 Å². The minimum absolute atomic E-state index is 0.0927. The Bertz CT molecular complexity index is 679. The average Bonchev–Trinajstić information content (AvgIpc) is 2.55. The lowest BCUT2D eigenvalue weighted by atomic mass is 10.2. The first-order valence-electron chi connectivity index (χ1n) is 7.18. The molecule has 0 spiro atoms. The molecular weight excluding hydrogens is 371 g/mol. The second-order valence-corrected chi connectivity index (χ2v) is 5.73. The summed E-state index contributed by atoms with van der Waals surface area (Å²) >= 11 is 11.7. The minimum Gasteiger partial charge on any atom is -0.383 e. The van der Waals surface area contributed by atoms with Crippen molar-refractivity contribution in [3.05, 3.63) is 28.2 Å². The van der Waals surface area contributed by atoms with Gasteiger partial charge in [-0.2, -0.15) is 5.10 Å². The van der Waals surface area contributed by atoms with Gasteiger partial charge in [-0.3, -0.25) is 14.4 Å². The Morgan fingerprint density at radius 2 is 1.92 bits per heavy atom. The summed E-state index contributed by atoms with van der Waals surface area (Å²) in [6, 6.07) is 4.66. The first-order valence-corrected chi connectivity index (χ1v) is 7.94. The van der Waals surface area contributed by atoms with Crippen molar-refractivity contribution in [2.75, 3.05) is 25.6 Å². The third kappa shape index (κ3) is 7.97. The smallest absolute Gasteiger partial charge is 0.329 e. The molecule has 1 aromatic rings. The van der Waals surface area contributed by atoms with E-state index in [-0.39, 0.29) is 25.5 Å². The molecule has 3 amide bonds. The number of methoxy groups -OCH3 is 1. The highest BCUT2D eigenvalue weighted by Crippen LogP contribution is 2.25. The first kappa shape index (κ1) is 20.9. The van der Waals surface area contributed by atoms with E-state index in [1.54, 1.807) is 12.1 Å². The quantitative estimate of drug-likeness (QED) is 0.285. The third-order valence-corrected chi connectivity index (χ3v) is 3.32. The number of nitrogens with zero attached hydrogens (tertiary/aromatic N) is 1. The van der Waals surface area contributed by atoms with Gasteiger partial charge in [-0.05, 0) is 25.1 Å². The van der Waals surface area contributed by atoms with Crippen LogP contribution in [0, 0.1) is 0 Å². The van der Waals surface area contributed by atoms with Crippen molar-refractivity contribution in [3.8, 4) is 0 Å². The summed E-state index contributed by atoms with van der Waals surface area (Å²) < 4.78 is 4.74. The molecule has 0 unspecified atom stereocenters. The number of carbonyl (C=O) groups is 3. The van der Waals surface area contributed by atoms with Crippen LogP contribution < -0.4 is 16.1 Å². The first-order chi connectivity index (χ1) is 11.8. The van der Waals surface area contributed by atoms with Crippen molar-refractivity contribution in [2.45, 2.75) is 13.3 Å². The number of nitrogens with one attached hydrogen (secondary N) is 3. The maximum Gasteiger partial charge on any atom is 0.329 e. The largest absolute Gasteiger partial charge is 0.383 e. The van der Waals surface area contributed by atoms with E-state index >= 15 is 0 Å². The topological polar surface area (TPSA) is 109 Å². The van der Waals surface area contributed by atoms with Gasteiger partial charge in [-0.1, -0.05) is 23.2 Å². The lowest BCUT2D eigenvalue weighted by molar-refractivity contribution is -0.139. The van der Waals surface area contributed by atoms with E-state index in [4.69, 9.17) is 27.9 Å². The Hall–Kier alpha value is -2.16. The maximum atomic E-state index is 11.9. The predicted molar refractivity (Wildman–Crippen MR) is 95.8 cm³/mol. The van der Waals surface area contributed by atoms with Crippen LogP contribution in [0.4, 0.5) is 5.69 Å². The highest BCUT2D eigenvalue weighted by atomic mass is 35.5. The van der Waals surface area contributed by atoms with E-state index in [2.05, 4.69) is 21.2 Å². The second kappa shape index (κ2) is 10.7. The monoisotopic (exact) mass is 388 g/mol. The molecule has 0 saturated carbocycles. The van der Waals surface area contributed by atoms with Gasteiger partial charge >= 0.3 is 11.8 Å². The fourth-order valence-corrected chi connectivity index (χ4v) is 2.06. The summed E-state index contributed by atoms with van der Waals surface area (Å²) in [5.41, 5.74) is 2.78. The third-order valence-electron chi connectivity index (χ3n) is 2.77. The number of carbonyl (C=O) groups excluding carboxylic acids is 3. The second-order valence-electron chi connectivity index (χ2n) is 4.89. The summed E-state index contributed by atoms with van der Waals surface area (Å²) in [5.74, 6) is -2.16. The van der Waals surface area contributed by atoms with Gasteiger partial charge in [0.25, 0.3) is 0 Å². The SMILES string of the molecule is COCCNC(=O)C(=O)N/N=C(/C)CC(=O)Nc1ccc(Cl)cc1Cl. The molecule has 0 saturated heterocycles. The zero-order chi connectivity index (χ0) is 18.8. The molecule has 1 rings (SSSR count). The molecule has 0 atom stereocenters. The van der Waals surface area contributed by atoms with Gasteiger partial charge in [0.1, 0.15) is 0 Å². The predicted octanol–water partition coefficient (Wildman–Crippen LogP) is 1.58. The van der Waals surface area contributed by atoms with Crippen LogP contribution >= 0.6 is 23.2 Å². The van der Waals surface area contributed by atoms with E-state index in [1.807, 2.05) is 0 Å². The molecule has 136 valence electrons. The number of hydrazone groups is 1. The Morgan fingerprint density at radius 3 is 2.56 bits per heavy atom. The van der Waals surface area contributed by atoms with E-state index in [1.165, 1.54) is 20.1 Å². The van der Waals surface area contributed by atoms with Gasteiger partial charge in [0.15, 0.2) is 0 Å². The number of ether oxygens (including phenoxy) is 1. The Labute approximate surface area is 154 Å². The number of hydrogen-bond donors (Lipinski definition) is 3. The van der Waals surface area contributed by atoms with Crippen molar-refractivity contribution in [1.29, 1.82) is 0 Å². The molecule has 0 bridgehead atoms. The molecule has 0 aromatic heterocycles. The molecule has 0 heterocycles. The lowest BCUT2D eigenvalue weighted by Gasteiger charge is -2.07. The minimum atomic E-state index is -0.934. The molecule has 0 aliphatic carbocycles. The van der Waals surface area contributed by atoms with Crippen LogP contribution in [0.2, 0.25) is 10.0 Å². The number of amides is 3. The Morgan fingerprint density at radius 1 is 1.20 bits per heavy atom. The van der Waals surface area contributed by atoms with Gasteiger partial charge in [-0.25, -0.2) is 5.43 Å². The number of halogens is 2. The molecule has 1 aromatic carbocycles. The van der Waals surface area contributed by atoms with Crippen LogP contribution in [0.3, 0.4) is 0 Å². The summed E-state index contributed by atoms with van der Waals surface area (Å²) in [5, 5.41) is 9.39. The zero-order valence-electron chi connectivity index (χ0n) is 13.7. The summed E-state index contributed by atoms with van der Waals surface area (Å²) in [6.45, 7) is 2.02. The Kier molecular flexibility index (Phi) is 8.90. The zero-order valence-corrected chi connectivity index (χ0v) is 15.2. The van der Waals surface area contributed by atoms with Crippen LogP contribution in [0.15, 0.2) is 23.3 Å². The molecule has 0 radical (unpaired) electrons. The molecule has 25 heavy (non-hydrogen) atoms. The number of anilines is 1. The molecule has 3 N–H and O–H groups in total. The molecule has 0 aliphatic rings. The van der Waals surface area contributed by atoms with Gasteiger partial charge in [0.2, 0.25) is 5.91 Å². The van der Waals surface area contributed by atoms with Crippen molar-refractivity contribution in [1.82, 2.24) is 10.7 Å².